The molecule has 0 bridgehead atoms. The van der Waals surface area contributed by atoms with Crippen molar-refractivity contribution in [3.05, 3.63) is 35.4 Å². The Kier molecular flexibility index (Phi) is 5.67. The van der Waals surface area contributed by atoms with E-state index < -0.39 is 11.0 Å². The van der Waals surface area contributed by atoms with E-state index >= 15 is 0 Å². The van der Waals surface area contributed by atoms with Gasteiger partial charge in [0.05, 0.1) is 27.4 Å². The standard InChI is InChI=1S/C14H20N2O2S/c1-14(2,3)19(18)16-13(7-8-17)12-6-4-5-11(9-12)10-15/h4-6,9,13,16-17H,7-8H2,1-3H3. The van der Waals surface area contributed by atoms with Crippen LogP contribution >= 0.6 is 0 Å². The highest BCUT2D eigenvalue weighted by Crippen LogP contribution is 2.21. The van der Waals surface area contributed by atoms with Gasteiger partial charge in [-0.3, -0.25) is 0 Å². The number of nitriles is 1. The minimum absolute atomic E-state index is 0.00418. The van der Waals surface area contributed by atoms with Crippen molar-refractivity contribution < 1.29 is 9.32 Å². The number of nitrogens with one attached hydrogen (secondary N) is 1. The van der Waals surface area contributed by atoms with E-state index in [0.717, 1.165) is 5.56 Å². The van der Waals surface area contributed by atoms with Crippen molar-refractivity contribution in [1.29, 1.82) is 5.26 Å². The van der Waals surface area contributed by atoms with Gasteiger partial charge in [0.15, 0.2) is 0 Å². The summed E-state index contributed by atoms with van der Waals surface area (Å²) in [5.41, 5.74) is 1.43. The Morgan fingerprint density at radius 1 is 1.47 bits per heavy atom. The second-order valence-electron chi connectivity index (χ2n) is 5.30. The predicted molar refractivity (Wildman–Crippen MR) is 76.6 cm³/mol. The van der Waals surface area contributed by atoms with Crippen LogP contribution in [0.25, 0.3) is 0 Å². The SMILES string of the molecule is CC(C)(C)S(=O)NC(CCO)c1cccc(C#N)c1. The van der Waals surface area contributed by atoms with Crippen molar-refractivity contribution in [2.24, 2.45) is 0 Å². The summed E-state index contributed by atoms with van der Waals surface area (Å²) in [7, 11) is -1.22. The Hall–Kier alpha value is -1.22. The van der Waals surface area contributed by atoms with E-state index in [9.17, 15) is 4.21 Å². The fourth-order valence-electron chi connectivity index (χ4n) is 1.55. The first kappa shape index (κ1) is 15.8. The number of hydrogen-bond donors (Lipinski definition) is 2. The zero-order valence-electron chi connectivity index (χ0n) is 11.5. The summed E-state index contributed by atoms with van der Waals surface area (Å²) < 4.78 is 14.8. The minimum Gasteiger partial charge on any atom is -0.396 e. The van der Waals surface area contributed by atoms with Crippen molar-refractivity contribution in [3.63, 3.8) is 0 Å². The maximum absolute atomic E-state index is 12.1. The van der Waals surface area contributed by atoms with Crippen LogP contribution in [0.1, 0.15) is 44.4 Å². The molecule has 4 nitrogen and oxygen atoms in total. The number of nitrogens with zero attached hydrogens (tertiary/aromatic N) is 1. The molecule has 0 amide bonds. The van der Waals surface area contributed by atoms with Gasteiger partial charge in [-0.1, -0.05) is 12.1 Å². The molecule has 0 spiro atoms. The van der Waals surface area contributed by atoms with Gasteiger partial charge in [-0.15, -0.1) is 0 Å². The zero-order chi connectivity index (χ0) is 14.5. The summed E-state index contributed by atoms with van der Waals surface area (Å²) >= 11 is 0. The average Bonchev–Trinajstić information content (AvgIpc) is 2.37. The van der Waals surface area contributed by atoms with Crippen LogP contribution in [0.2, 0.25) is 0 Å². The van der Waals surface area contributed by atoms with Crippen molar-refractivity contribution in [3.8, 4) is 6.07 Å². The molecule has 1 rings (SSSR count). The normalized spacial score (nSPS) is 14.7. The number of rotatable bonds is 5. The second-order valence-corrected chi connectivity index (χ2v) is 7.30. The molecule has 0 saturated carbocycles. The molecule has 1 aromatic rings. The van der Waals surface area contributed by atoms with E-state index in [4.69, 9.17) is 10.4 Å². The lowest BCUT2D eigenvalue weighted by Gasteiger charge is -2.24. The monoisotopic (exact) mass is 280 g/mol. The lowest BCUT2D eigenvalue weighted by Crippen LogP contribution is -2.36. The number of hydrogen-bond acceptors (Lipinski definition) is 3. The van der Waals surface area contributed by atoms with Crippen LogP contribution < -0.4 is 4.72 Å². The van der Waals surface area contributed by atoms with Gasteiger partial charge in [0.1, 0.15) is 0 Å². The molecule has 2 unspecified atom stereocenters. The summed E-state index contributed by atoms with van der Waals surface area (Å²) in [6.45, 7) is 5.66. The molecule has 0 radical (unpaired) electrons. The number of aliphatic hydroxyl groups excluding tert-OH is 1. The highest BCUT2D eigenvalue weighted by Gasteiger charge is 2.23. The van der Waals surface area contributed by atoms with E-state index in [1.54, 1.807) is 18.2 Å². The Morgan fingerprint density at radius 3 is 2.68 bits per heavy atom. The molecule has 0 aliphatic carbocycles. The van der Waals surface area contributed by atoms with Crippen LogP contribution in [-0.2, 0) is 11.0 Å². The van der Waals surface area contributed by atoms with E-state index in [1.165, 1.54) is 0 Å². The molecule has 2 N–H and O–H groups in total. The largest absolute Gasteiger partial charge is 0.396 e. The number of benzene rings is 1. The highest BCUT2D eigenvalue weighted by molar-refractivity contribution is 7.84. The van der Waals surface area contributed by atoms with Crippen LogP contribution in [0.3, 0.4) is 0 Å². The Balaban J connectivity index is 2.94. The summed E-state index contributed by atoms with van der Waals surface area (Å²) in [5, 5.41) is 18.0. The zero-order valence-corrected chi connectivity index (χ0v) is 12.3. The van der Waals surface area contributed by atoms with E-state index in [-0.39, 0.29) is 17.4 Å². The van der Waals surface area contributed by atoms with Gasteiger partial charge in [0.2, 0.25) is 0 Å². The Morgan fingerprint density at radius 2 is 2.16 bits per heavy atom. The molecular weight excluding hydrogens is 260 g/mol. The fraction of sp³-hybridized carbons (Fsp3) is 0.500. The summed E-state index contributed by atoms with van der Waals surface area (Å²) in [4.78, 5) is 0. The van der Waals surface area contributed by atoms with Gasteiger partial charge >= 0.3 is 0 Å². The third kappa shape index (κ3) is 4.75. The maximum atomic E-state index is 12.1. The van der Waals surface area contributed by atoms with Crippen molar-refractivity contribution in [2.45, 2.75) is 38.0 Å². The molecule has 0 aromatic heterocycles. The molecule has 0 saturated heterocycles. The van der Waals surface area contributed by atoms with E-state index in [1.807, 2.05) is 26.8 Å². The van der Waals surface area contributed by atoms with Gasteiger partial charge in [-0.2, -0.15) is 5.26 Å². The third-order valence-electron chi connectivity index (χ3n) is 2.64. The quantitative estimate of drug-likeness (QED) is 0.866. The number of aliphatic hydroxyl groups is 1. The van der Waals surface area contributed by atoms with Gasteiger partial charge in [-0.05, 0) is 44.9 Å². The highest BCUT2D eigenvalue weighted by atomic mass is 32.2. The lowest BCUT2D eigenvalue weighted by molar-refractivity contribution is 0.273. The third-order valence-corrected chi connectivity index (χ3v) is 4.25. The Labute approximate surface area is 117 Å². The first-order valence-electron chi connectivity index (χ1n) is 6.17. The van der Waals surface area contributed by atoms with Crippen molar-refractivity contribution in [1.82, 2.24) is 4.72 Å². The van der Waals surface area contributed by atoms with Crippen LogP contribution in [0.4, 0.5) is 0 Å². The van der Waals surface area contributed by atoms with Crippen LogP contribution in [0.15, 0.2) is 24.3 Å². The molecule has 0 aliphatic rings. The summed E-state index contributed by atoms with van der Waals surface area (Å²) in [5.74, 6) is 0. The average molecular weight is 280 g/mol. The molecule has 5 heteroatoms. The molecule has 19 heavy (non-hydrogen) atoms. The van der Waals surface area contributed by atoms with Gasteiger partial charge in [0.25, 0.3) is 0 Å². The van der Waals surface area contributed by atoms with Crippen LogP contribution in [-0.4, -0.2) is 20.7 Å². The van der Waals surface area contributed by atoms with Crippen LogP contribution in [0.5, 0.6) is 0 Å². The fourth-order valence-corrected chi connectivity index (χ4v) is 2.42. The van der Waals surface area contributed by atoms with Gasteiger partial charge < -0.3 is 5.11 Å². The first-order valence-corrected chi connectivity index (χ1v) is 7.32. The second kappa shape index (κ2) is 6.80. The minimum atomic E-state index is -1.22. The molecule has 2 atom stereocenters. The summed E-state index contributed by atoms with van der Waals surface area (Å²) in [6, 6.07) is 9.00. The van der Waals surface area contributed by atoms with Crippen molar-refractivity contribution in [2.75, 3.05) is 6.61 Å². The van der Waals surface area contributed by atoms with E-state index in [2.05, 4.69) is 10.8 Å². The molecule has 0 heterocycles. The first-order chi connectivity index (χ1) is 8.88. The van der Waals surface area contributed by atoms with Gasteiger partial charge in [-0.25, -0.2) is 8.93 Å². The molecule has 1 aromatic carbocycles. The van der Waals surface area contributed by atoms with Crippen LogP contribution in [0, 0.1) is 11.3 Å². The smallest absolute Gasteiger partial charge is 0.0991 e. The predicted octanol–water partition coefficient (Wildman–Crippen LogP) is 2.03. The summed E-state index contributed by atoms with van der Waals surface area (Å²) in [6.07, 6.45) is 0.455. The molecule has 0 fully saturated rings. The maximum Gasteiger partial charge on any atom is 0.0991 e. The topological polar surface area (TPSA) is 73.1 Å². The van der Waals surface area contributed by atoms with Crippen molar-refractivity contribution >= 4 is 11.0 Å². The van der Waals surface area contributed by atoms with Gasteiger partial charge in [0, 0.05) is 12.6 Å². The Bertz CT molecular complexity index is 489. The molecule has 104 valence electrons. The molecule has 0 aliphatic heterocycles. The molecular formula is C14H20N2O2S. The van der Waals surface area contributed by atoms with E-state index in [0.29, 0.717) is 12.0 Å². The lowest BCUT2D eigenvalue weighted by atomic mass is 10.0.